The minimum absolute atomic E-state index is 0.194. The lowest BCUT2D eigenvalue weighted by atomic mass is 10.1. The second-order valence-electron chi connectivity index (χ2n) is 6.41. The monoisotopic (exact) mass is 394 g/mol. The maximum atomic E-state index is 12.9. The van der Waals surface area contributed by atoms with E-state index in [1.165, 1.54) is 25.1 Å². The lowest BCUT2D eigenvalue weighted by Gasteiger charge is -2.27. The predicted molar refractivity (Wildman–Crippen MR) is 104 cm³/mol. The van der Waals surface area contributed by atoms with Crippen molar-refractivity contribution in [3.05, 3.63) is 65.2 Å². The van der Waals surface area contributed by atoms with Gasteiger partial charge in [-0.25, -0.2) is 14.5 Å². The summed E-state index contributed by atoms with van der Waals surface area (Å²) < 4.78 is 5.25. The zero-order chi connectivity index (χ0) is 21.1. The van der Waals surface area contributed by atoms with E-state index in [9.17, 15) is 19.2 Å². The van der Waals surface area contributed by atoms with Crippen LogP contribution in [0.15, 0.2) is 54.1 Å². The van der Waals surface area contributed by atoms with Gasteiger partial charge in [0.05, 0.1) is 5.69 Å². The summed E-state index contributed by atoms with van der Waals surface area (Å²) in [6.45, 7) is 3.16. The molecular formula is C21H18N2O6. The second-order valence-corrected chi connectivity index (χ2v) is 6.41. The van der Waals surface area contributed by atoms with Crippen LogP contribution in [0.4, 0.5) is 10.5 Å². The number of carboxylic acids is 1. The van der Waals surface area contributed by atoms with Crippen molar-refractivity contribution in [1.29, 1.82) is 0 Å². The van der Waals surface area contributed by atoms with Gasteiger partial charge in [-0.05, 0) is 49.2 Å². The molecule has 1 atom stereocenters. The van der Waals surface area contributed by atoms with Crippen LogP contribution < -0.4 is 15.0 Å². The molecule has 8 heteroatoms. The number of aryl methyl sites for hydroxylation is 1. The highest BCUT2D eigenvalue weighted by Gasteiger charge is 2.37. The number of hydrogen-bond donors (Lipinski definition) is 2. The number of nitrogens with one attached hydrogen (secondary N) is 1. The number of aliphatic carboxylic acids is 1. The van der Waals surface area contributed by atoms with Crippen LogP contribution in [0.1, 0.15) is 18.1 Å². The zero-order valence-electron chi connectivity index (χ0n) is 15.7. The van der Waals surface area contributed by atoms with Gasteiger partial charge in [-0.3, -0.25) is 14.9 Å². The highest BCUT2D eigenvalue weighted by molar-refractivity contribution is 6.39. The Bertz CT molecular complexity index is 1030. The molecule has 0 aliphatic carbocycles. The van der Waals surface area contributed by atoms with Crippen LogP contribution >= 0.6 is 0 Å². The second kappa shape index (κ2) is 7.97. The van der Waals surface area contributed by atoms with Crippen LogP contribution in [-0.2, 0) is 14.4 Å². The van der Waals surface area contributed by atoms with Gasteiger partial charge in [-0.1, -0.05) is 30.3 Å². The highest BCUT2D eigenvalue weighted by Crippen LogP contribution is 2.25. The number of nitrogens with zero attached hydrogens (tertiary/aromatic N) is 1. The summed E-state index contributed by atoms with van der Waals surface area (Å²) in [7, 11) is 0. The SMILES string of the molecule is Cc1ccccc1N1C(=O)NC(=O)C(=Cc2ccc(OC(C)C(=O)O)cc2)C1=O. The fourth-order valence-corrected chi connectivity index (χ4v) is 2.75. The number of urea groups is 1. The molecule has 0 bridgehead atoms. The van der Waals surface area contributed by atoms with Crippen molar-refractivity contribution < 1.29 is 29.0 Å². The predicted octanol–water partition coefficient (Wildman–Crippen LogP) is 2.51. The summed E-state index contributed by atoms with van der Waals surface area (Å²) in [5.74, 6) is -2.28. The van der Waals surface area contributed by atoms with Crippen LogP contribution in [0.5, 0.6) is 5.75 Å². The molecule has 2 aromatic carbocycles. The van der Waals surface area contributed by atoms with Crippen LogP contribution in [0.25, 0.3) is 6.08 Å². The van der Waals surface area contributed by atoms with Crippen molar-refractivity contribution in [3.8, 4) is 5.75 Å². The molecule has 1 aliphatic rings. The van der Waals surface area contributed by atoms with Gasteiger partial charge < -0.3 is 9.84 Å². The third-order valence-electron chi connectivity index (χ3n) is 4.31. The molecular weight excluding hydrogens is 376 g/mol. The first-order valence-corrected chi connectivity index (χ1v) is 8.74. The van der Waals surface area contributed by atoms with Crippen LogP contribution in [0.2, 0.25) is 0 Å². The standard InChI is InChI=1S/C21H18N2O6/c1-12-5-3-4-6-17(12)23-19(25)16(18(24)22-21(23)28)11-14-7-9-15(10-8-14)29-13(2)20(26)27/h3-11,13H,1-2H3,(H,26,27)(H,22,24,28). The van der Waals surface area contributed by atoms with E-state index in [-0.39, 0.29) is 5.57 Å². The molecule has 0 aromatic heterocycles. The van der Waals surface area contributed by atoms with E-state index in [4.69, 9.17) is 9.84 Å². The Kier molecular flexibility index (Phi) is 5.45. The van der Waals surface area contributed by atoms with E-state index >= 15 is 0 Å². The molecule has 4 amide bonds. The van der Waals surface area contributed by atoms with E-state index in [2.05, 4.69) is 5.32 Å². The maximum Gasteiger partial charge on any atom is 0.344 e. The Morgan fingerprint density at radius 2 is 1.76 bits per heavy atom. The van der Waals surface area contributed by atoms with Crippen molar-refractivity contribution in [3.63, 3.8) is 0 Å². The molecule has 29 heavy (non-hydrogen) atoms. The lowest BCUT2D eigenvalue weighted by molar-refractivity contribution is -0.144. The summed E-state index contributed by atoms with van der Waals surface area (Å²) in [6, 6.07) is 12.3. The van der Waals surface area contributed by atoms with Gasteiger partial charge in [-0.2, -0.15) is 0 Å². The summed E-state index contributed by atoms with van der Waals surface area (Å²) >= 11 is 0. The fraction of sp³-hybridized carbons (Fsp3) is 0.143. The maximum absolute atomic E-state index is 12.9. The number of carbonyl (C=O) groups is 4. The van der Waals surface area contributed by atoms with E-state index in [0.29, 0.717) is 22.6 Å². The Balaban J connectivity index is 1.89. The molecule has 2 N–H and O–H groups in total. The molecule has 3 rings (SSSR count). The first-order valence-electron chi connectivity index (χ1n) is 8.74. The number of amides is 4. The third-order valence-corrected chi connectivity index (χ3v) is 4.31. The molecule has 148 valence electrons. The van der Waals surface area contributed by atoms with E-state index in [1.54, 1.807) is 43.3 Å². The molecule has 1 aliphatic heterocycles. The average molecular weight is 394 g/mol. The Hall–Kier alpha value is -3.94. The van der Waals surface area contributed by atoms with Crippen LogP contribution in [-0.4, -0.2) is 35.0 Å². The molecule has 0 saturated carbocycles. The number of hydrogen-bond acceptors (Lipinski definition) is 5. The topological polar surface area (TPSA) is 113 Å². The smallest absolute Gasteiger partial charge is 0.344 e. The first kappa shape index (κ1) is 19.8. The number of barbiturate groups is 1. The van der Waals surface area contributed by atoms with Crippen molar-refractivity contribution in [2.45, 2.75) is 20.0 Å². The van der Waals surface area contributed by atoms with Gasteiger partial charge in [-0.15, -0.1) is 0 Å². The third kappa shape index (κ3) is 4.16. The van der Waals surface area contributed by atoms with Gasteiger partial charge in [0.1, 0.15) is 11.3 Å². The molecule has 8 nitrogen and oxygen atoms in total. The highest BCUT2D eigenvalue weighted by atomic mass is 16.5. The number of imide groups is 2. The van der Waals surface area contributed by atoms with Crippen molar-refractivity contribution >= 4 is 35.6 Å². The molecule has 1 heterocycles. The van der Waals surface area contributed by atoms with Gasteiger partial charge in [0.15, 0.2) is 6.10 Å². The number of carboxylic acid groups (broad SMARTS) is 1. The largest absolute Gasteiger partial charge is 0.479 e. The van der Waals surface area contributed by atoms with E-state index in [0.717, 1.165) is 4.90 Å². The zero-order valence-corrected chi connectivity index (χ0v) is 15.7. The Labute approximate surface area is 166 Å². The molecule has 0 radical (unpaired) electrons. The number of ether oxygens (including phenoxy) is 1. The normalized spacial score (nSPS) is 16.6. The van der Waals surface area contributed by atoms with Gasteiger partial charge in [0.2, 0.25) is 0 Å². The summed E-state index contributed by atoms with van der Waals surface area (Å²) in [6.07, 6.45) is 0.346. The molecule has 1 fully saturated rings. The molecule has 1 saturated heterocycles. The van der Waals surface area contributed by atoms with Gasteiger partial charge in [0, 0.05) is 0 Å². The van der Waals surface area contributed by atoms with E-state index < -0.39 is 29.9 Å². The van der Waals surface area contributed by atoms with Crippen LogP contribution in [0.3, 0.4) is 0 Å². The minimum atomic E-state index is -1.10. The quantitative estimate of drug-likeness (QED) is 0.595. The minimum Gasteiger partial charge on any atom is -0.479 e. The Morgan fingerprint density at radius 3 is 2.38 bits per heavy atom. The molecule has 0 spiro atoms. The van der Waals surface area contributed by atoms with Crippen LogP contribution in [0, 0.1) is 6.92 Å². The van der Waals surface area contributed by atoms with Crippen molar-refractivity contribution in [2.75, 3.05) is 4.90 Å². The van der Waals surface area contributed by atoms with Crippen molar-refractivity contribution in [1.82, 2.24) is 5.32 Å². The summed E-state index contributed by atoms with van der Waals surface area (Å²) in [4.78, 5) is 49.1. The van der Waals surface area contributed by atoms with Crippen molar-refractivity contribution in [2.24, 2.45) is 0 Å². The molecule has 1 unspecified atom stereocenters. The summed E-state index contributed by atoms with van der Waals surface area (Å²) in [5.41, 5.74) is 1.41. The lowest BCUT2D eigenvalue weighted by Crippen LogP contribution is -2.54. The number of anilines is 1. The summed E-state index contributed by atoms with van der Waals surface area (Å²) in [5, 5.41) is 11.1. The molecule has 2 aromatic rings. The number of rotatable bonds is 5. The van der Waals surface area contributed by atoms with E-state index in [1.807, 2.05) is 0 Å². The van der Waals surface area contributed by atoms with Gasteiger partial charge in [0.25, 0.3) is 11.8 Å². The number of para-hydroxylation sites is 1. The number of carbonyl (C=O) groups excluding carboxylic acids is 3. The Morgan fingerprint density at radius 1 is 1.10 bits per heavy atom. The van der Waals surface area contributed by atoms with Gasteiger partial charge >= 0.3 is 12.0 Å². The first-order chi connectivity index (χ1) is 13.8. The number of benzene rings is 2. The average Bonchev–Trinajstić information content (AvgIpc) is 2.67. The fourth-order valence-electron chi connectivity index (χ4n) is 2.75.